The number of hydrogen-bond acceptors (Lipinski definition) is 12. The minimum absolute atomic E-state index is 0.470. The van der Waals surface area contributed by atoms with Crippen molar-refractivity contribution >= 4 is 0 Å². The van der Waals surface area contributed by atoms with E-state index in [2.05, 4.69) is 0 Å². The van der Waals surface area contributed by atoms with Gasteiger partial charge in [0.25, 0.3) is 0 Å². The van der Waals surface area contributed by atoms with Gasteiger partial charge in [-0.15, -0.1) is 0 Å². The lowest BCUT2D eigenvalue weighted by Gasteiger charge is -2.38. The highest BCUT2D eigenvalue weighted by Gasteiger charge is 2.42. The number of nitrogens with two attached hydrogens (primary N) is 2. The van der Waals surface area contributed by atoms with Crippen LogP contribution in [0.15, 0.2) is 0 Å². The van der Waals surface area contributed by atoms with Gasteiger partial charge in [-0.1, -0.05) is 0 Å². The van der Waals surface area contributed by atoms with Crippen molar-refractivity contribution < 1.29 is 50.3 Å². The van der Waals surface area contributed by atoms with Crippen molar-refractivity contribution in [1.29, 1.82) is 0 Å². The first-order valence-electron chi connectivity index (χ1n) is 7.27. The molecular weight excluding hydrogens is 332 g/mol. The van der Waals surface area contributed by atoms with Crippen molar-refractivity contribution in [2.24, 2.45) is 11.5 Å². The molecule has 0 radical (unpaired) electrons. The highest BCUT2D eigenvalue weighted by molar-refractivity contribution is 4.91. The number of aliphatic hydroxyl groups is 8. The Morgan fingerprint density at radius 2 is 0.875 bits per heavy atom. The molecule has 0 aromatic rings. The summed E-state index contributed by atoms with van der Waals surface area (Å²) < 4.78 is 9.40. The molecule has 2 rings (SSSR count). The lowest BCUT2D eigenvalue weighted by molar-refractivity contribution is -0.248. The van der Waals surface area contributed by atoms with Crippen LogP contribution < -0.4 is 11.5 Å². The Morgan fingerprint density at radius 3 is 1.12 bits per heavy atom. The smallest absolute Gasteiger partial charge is 0.173 e. The van der Waals surface area contributed by atoms with E-state index in [1.807, 2.05) is 0 Å². The van der Waals surface area contributed by atoms with Crippen LogP contribution in [0.2, 0.25) is 0 Å². The summed E-state index contributed by atoms with van der Waals surface area (Å²) in [6.45, 7) is -0.940. The van der Waals surface area contributed by atoms with Gasteiger partial charge in [-0.25, -0.2) is 0 Å². The van der Waals surface area contributed by atoms with Crippen molar-refractivity contribution in [3.05, 3.63) is 0 Å². The first kappa shape index (κ1) is 21.6. The van der Waals surface area contributed by atoms with Crippen LogP contribution in [0.4, 0.5) is 0 Å². The monoisotopic (exact) mass is 358 g/mol. The van der Waals surface area contributed by atoms with Crippen molar-refractivity contribution in [2.45, 2.75) is 61.3 Å². The Morgan fingerprint density at radius 1 is 0.583 bits per heavy atom. The van der Waals surface area contributed by atoms with Crippen LogP contribution in [0.5, 0.6) is 0 Å². The van der Waals surface area contributed by atoms with Crippen LogP contribution in [0.1, 0.15) is 0 Å². The van der Waals surface area contributed by atoms with Crippen molar-refractivity contribution in [2.75, 3.05) is 13.2 Å². The van der Waals surface area contributed by atoms with E-state index < -0.39 is 74.5 Å². The maximum Gasteiger partial charge on any atom is 0.173 e. The lowest BCUT2D eigenvalue weighted by atomic mass is 9.98. The summed E-state index contributed by atoms with van der Waals surface area (Å²) in [6.07, 6.45) is -9.70. The van der Waals surface area contributed by atoms with Gasteiger partial charge in [-0.05, 0) is 0 Å². The second-order valence-electron chi connectivity index (χ2n) is 5.61. The topological polar surface area (TPSA) is 232 Å². The van der Waals surface area contributed by atoms with E-state index in [4.69, 9.17) is 41.4 Å². The lowest BCUT2D eigenvalue weighted by Crippen LogP contribution is -2.61. The highest BCUT2D eigenvalue weighted by Crippen LogP contribution is 2.18. The van der Waals surface area contributed by atoms with E-state index in [-0.39, 0.29) is 0 Å². The van der Waals surface area contributed by atoms with Crippen molar-refractivity contribution in [3.8, 4) is 0 Å². The zero-order valence-electron chi connectivity index (χ0n) is 12.7. The maximum atomic E-state index is 9.20. The van der Waals surface area contributed by atoms with E-state index in [1.54, 1.807) is 0 Å². The molecule has 144 valence electrons. The normalized spacial score (nSPS) is 49.2. The number of hydrogen-bond donors (Lipinski definition) is 10. The molecule has 0 saturated carbocycles. The molecule has 0 aromatic heterocycles. The second-order valence-corrected chi connectivity index (χ2v) is 5.61. The average molecular weight is 358 g/mol. The molecule has 12 N–H and O–H groups in total. The quantitative estimate of drug-likeness (QED) is 0.222. The maximum absolute atomic E-state index is 9.20. The molecule has 24 heavy (non-hydrogen) atoms. The Labute approximate surface area is 137 Å². The van der Waals surface area contributed by atoms with Gasteiger partial charge < -0.3 is 61.8 Å². The van der Waals surface area contributed by atoms with Gasteiger partial charge in [-0.2, -0.15) is 0 Å². The largest absolute Gasteiger partial charge is 0.394 e. The summed E-state index contributed by atoms with van der Waals surface area (Å²) in [6, 6.07) is -2.08. The van der Waals surface area contributed by atoms with Gasteiger partial charge in [0.15, 0.2) is 12.6 Å². The first-order chi connectivity index (χ1) is 11.1. The molecule has 0 aromatic carbocycles. The zero-order chi connectivity index (χ0) is 18.6. The average Bonchev–Trinajstić information content (AvgIpc) is 2.58. The van der Waals surface area contributed by atoms with Crippen LogP contribution in [0, 0.1) is 0 Å². The van der Waals surface area contributed by atoms with Crippen molar-refractivity contribution in [3.63, 3.8) is 0 Å². The van der Waals surface area contributed by atoms with Crippen molar-refractivity contribution in [1.82, 2.24) is 0 Å². The van der Waals surface area contributed by atoms with E-state index >= 15 is 0 Å². The molecule has 2 fully saturated rings. The molecule has 2 aliphatic heterocycles. The molecule has 0 bridgehead atoms. The van der Waals surface area contributed by atoms with E-state index in [9.17, 15) is 20.4 Å². The Balaban J connectivity index is 0.000000240. The van der Waals surface area contributed by atoms with Crippen LogP contribution in [0.3, 0.4) is 0 Å². The molecule has 0 spiro atoms. The van der Waals surface area contributed by atoms with Crippen LogP contribution in [-0.4, -0.2) is 115 Å². The van der Waals surface area contributed by atoms with Gasteiger partial charge in [-0.3, -0.25) is 0 Å². The number of ether oxygens (including phenoxy) is 2. The zero-order valence-corrected chi connectivity index (χ0v) is 12.7. The van der Waals surface area contributed by atoms with Gasteiger partial charge >= 0.3 is 0 Å². The summed E-state index contributed by atoms with van der Waals surface area (Å²) in [5.74, 6) is 0. The van der Waals surface area contributed by atoms with E-state index in [0.717, 1.165) is 0 Å². The summed E-state index contributed by atoms with van der Waals surface area (Å²) in [5.41, 5.74) is 10.5. The predicted molar refractivity (Wildman–Crippen MR) is 75.9 cm³/mol. The fraction of sp³-hybridized carbons (Fsp3) is 1.00. The molecule has 10 atom stereocenters. The Bertz CT molecular complexity index is 334. The van der Waals surface area contributed by atoms with E-state index in [1.165, 1.54) is 0 Å². The summed E-state index contributed by atoms with van der Waals surface area (Å²) >= 11 is 0. The molecule has 0 amide bonds. The molecule has 12 nitrogen and oxygen atoms in total. The Hall–Kier alpha value is -0.480. The molecule has 2 aliphatic rings. The van der Waals surface area contributed by atoms with Gasteiger partial charge in [0, 0.05) is 0 Å². The fourth-order valence-corrected chi connectivity index (χ4v) is 2.24. The van der Waals surface area contributed by atoms with Crippen LogP contribution >= 0.6 is 0 Å². The van der Waals surface area contributed by atoms with E-state index in [0.29, 0.717) is 0 Å². The third kappa shape index (κ3) is 4.78. The van der Waals surface area contributed by atoms with Gasteiger partial charge in [0.2, 0.25) is 0 Å². The molecule has 2 heterocycles. The molecule has 2 saturated heterocycles. The fourth-order valence-electron chi connectivity index (χ4n) is 2.24. The Kier molecular flexibility index (Phi) is 8.34. The summed E-state index contributed by atoms with van der Waals surface area (Å²) in [4.78, 5) is 0. The van der Waals surface area contributed by atoms with Gasteiger partial charge in [0.05, 0.1) is 25.3 Å². The SMILES string of the molecule is N[C@@H]1[C@@H](O)[C@H](O)[C@@H](CO)O[C@H]1O.N[C@@H]1[C@@H](O)[C@H](O)[C@@H](CO)O[C@H]1O. The predicted octanol–water partition coefficient (Wildman–Crippen LogP) is -6.51. The van der Waals surface area contributed by atoms with Crippen LogP contribution in [0.25, 0.3) is 0 Å². The number of rotatable bonds is 2. The minimum Gasteiger partial charge on any atom is -0.394 e. The second kappa shape index (κ2) is 9.28. The van der Waals surface area contributed by atoms with Gasteiger partial charge in [0.1, 0.15) is 36.6 Å². The van der Waals surface area contributed by atoms with Crippen LogP contribution in [-0.2, 0) is 9.47 Å². The summed E-state index contributed by atoms with van der Waals surface area (Å²) in [5, 5.41) is 72.1. The molecule has 0 unspecified atom stereocenters. The highest BCUT2D eigenvalue weighted by atomic mass is 16.6. The summed E-state index contributed by atoms with van der Waals surface area (Å²) in [7, 11) is 0. The molecule has 0 aliphatic carbocycles. The minimum atomic E-state index is -1.35. The molecular formula is C12H26N2O10. The number of aliphatic hydroxyl groups excluding tert-OH is 8. The first-order valence-corrected chi connectivity index (χ1v) is 7.27. The molecule has 12 heteroatoms. The standard InChI is InChI=1S/2C6H13NO5/c2*7-3-5(10)4(9)2(1-8)12-6(3)11/h2*2-6,8-11H,1,7H2/t2*2-,3-,4-,5-,6-/m11/s1. The third-order valence-corrected chi connectivity index (χ3v) is 3.90. The third-order valence-electron chi connectivity index (χ3n) is 3.90.